The number of likely N-dealkylation sites (tertiary alicyclic amines) is 1. The van der Waals surface area contributed by atoms with Crippen LogP contribution in [0.1, 0.15) is 56.7 Å². The van der Waals surface area contributed by atoms with E-state index >= 15 is 0 Å². The number of rotatable bonds is 7. The fourth-order valence-corrected chi connectivity index (χ4v) is 5.32. The molecule has 35 heavy (non-hydrogen) atoms. The maximum atomic E-state index is 10.4. The predicted octanol–water partition coefficient (Wildman–Crippen LogP) is 6.99. The highest BCUT2D eigenvalue weighted by Gasteiger charge is 2.34. The lowest BCUT2D eigenvalue weighted by molar-refractivity contribution is 0.178. The largest absolute Gasteiger partial charge is 0.303 e. The zero-order valence-corrected chi connectivity index (χ0v) is 21.0. The van der Waals surface area contributed by atoms with Gasteiger partial charge in [0.25, 0.3) is 0 Å². The van der Waals surface area contributed by atoms with Crippen LogP contribution >= 0.6 is 0 Å². The van der Waals surface area contributed by atoms with Gasteiger partial charge in [-0.3, -0.25) is 4.68 Å². The topological polar surface area (TPSA) is 44.9 Å². The molecule has 1 fully saturated rings. The molecule has 4 aromatic rings. The molecule has 0 aliphatic carbocycles. The van der Waals surface area contributed by atoms with Crippen LogP contribution in [0, 0.1) is 11.3 Å². The number of nitriles is 1. The van der Waals surface area contributed by atoms with E-state index in [0.29, 0.717) is 6.04 Å². The van der Waals surface area contributed by atoms with Crippen molar-refractivity contribution in [3.05, 3.63) is 102 Å². The molecule has 1 aliphatic rings. The first-order valence-corrected chi connectivity index (χ1v) is 13.0. The van der Waals surface area contributed by atoms with Crippen LogP contribution < -0.4 is 0 Å². The van der Waals surface area contributed by atoms with E-state index in [1.165, 1.54) is 10.9 Å². The first-order chi connectivity index (χ1) is 17.3. The van der Waals surface area contributed by atoms with Crippen LogP contribution in [0.25, 0.3) is 10.9 Å². The Bertz CT molecular complexity index is 1180. The number of piperidine rings is 1. The summed E-state index contributed by atoms with van der Waals surface area (Å²) in [5, 5.41) is 16.3. The van der Waals surface area contributed by atoms with Crippen LogP contribution in [0.2, 0.25) is 0 Å². The van der Waals surface area contributed by atoms with E-state index in [1.54, 1.807) is 0 Å². The number of nitrogens with zero attached hydrogens (tertiary/aromatic N) is 4. The summed E-state index contributed by atoms with van der Waals surface area (Å²) in [7, 11) is 0. The standard InChI is InChI=1S/C29H30N4.C2H6/c30-23-29(25-11-3-1-4-12-25,26-13-5-2-6-14-26)18-9-19-32-20-16-27(17-21-32)33-28-15-8-7-10-24(28)22-31-33;1-2/h1-8,10-15,22,27H,9,16-21H2;1-2H3. The zero-order valence-electron chi connectivity index (χ0n) is 21.0. The summed E-state index contributed by atoms with van der Waals surface area (Å²) in [4.78, 5) is 2.56. The molecule has 4 heteroatoms. The average Bonchev–Trinajstić information content (AvgIpc) is 3.38. The maximum absolute atomic E-state index is 10.4. The Morgan fingerprint density at radius 1 is 0.857 bits per heavy atom. The Balaban J connectivity index is 0.00000141. The van der Waals surface area contributed by atoms with E-state index in [4.69, 9.17) is 0 Å². The van der Waals surface area contributed by atoms with Crippen molar-refractivity contribution in [2.75, 3.05) is 19.6 Å². The van der Waals surface area contributed by atoms with Crippen molar-refractivity contribution in [3.63, 3.8) is 0 Å². The Labute approximate surface area is 209 Å². The molecule has 180 valence electrons. The van der Waals surface area contributed by atoms with Crippen molar-refractivity contribution in [1.29, 1.82) is 5.26 Å². The van der Waals surface area contributed by atoms with Gasteiger partial charge < -0.3 is 4.90 Å². The van der Waals surface area contributed by atoms with E-state index in [-0.39, 0.29) is 0 Å². The quantitative estimate of drug-likeness (QED) is 0.296. The Morgan fingerprint density at radius 3 is 2.03 bits per heavy atom. The van der Waals surface area contributed by atoms with Gasteiger partial charge in [-0.05, 0) is 49.4 Å². The van der Waals surface area contributed by atoms with Gasteiger partial charge in [0.05, 0.1) is 23.8 Å². The molecule has 0 spiro atoms. The van der Waals surface area contributed by atoms with Gasteiger partial charge in [-0.15, -0.1) is 0 Å². The smallest absolute Gasteiger partial charge is 0.107 e. The highest BCUT2D eigenvalue weighted by atomic mass is 15.3. The number of fused-ring (bicyclic) bond motifs is 1. The van der Waals surface area contributed by atoms with Crippen LogP contribution in [-0.2, 0) is 5.41 Å². The number of aromatic nitrogens is 2. The second-order valence-corrected chi connectivity index (χ2v) is 9.07. The third-order valence-corrected chi connectivity index (χ3v) is 7.16. The van der Waals surface area contributed by atoms with E-state index in [0.717, 1.165) is 56.4 Å². The van der Waals surface area contributed by atoms with Gasteiger partial charge in [0.1, 0.15) is 5.41 Å². The van der Waals surface area contributed by atoms with Crippen LogP contribution in [0.3, 0.4) is 0 Å². The van der Waals surface area contributed by atoms with Gasteiger partial charge >= 0.3 is 0 Å². The average molecular weight is 465 g/mol. The molecule has 1 aliphatic heterocycles. The minimum atomic E-state index is -0.602. The maximum Gasteiger partial charge on any atom is 0.107 e. The lowest BCUT2D eigenvalue weighted by Gasteiger charge is -2.34. The summed E-state index contributed by atoms with van der Waals surface area (Å²) in [6.07, 6.45) is 6.03. The first kappa shape index (κ1) is 24.7. The number of hydrogen-bond acceptors (Lipinski definition) is 3. The minimum absolute atomic E-state index is 0.466. The van der Waals surface area contributed by atoms with Crippen LogP contribution in [0.15, 0.2) is 91.1 Å². The summed E-state index contributed by atoms with van der Waals surface area (Å²) in [5.41, 5.74) is 2.81. The number of hydrogen-bond donors (Lipinski definition) is 0. The Hall–Kier alpha value is -3.42. The molecule has 1 saturated heterocycles. The molecule has 0 amide bonds. The van der Waals surface area contributed by atoms with Crippen molar-refractivity contribution in [1.82, 2.24) is 14.7 Å². The van der Waals surface area contributed by atoms with E-state index in [9.17, 15) is 5.26 Å². The third kappa shape index (κ3) is 5.31. The summed E-state index contributed by atoms with van der Waals surface area (Å²) in [5.74, 6) is 0. The van der Waals surface area contributed by atoms with Gasteiger partial charge in [-0.25, -0.2) is 0 Å². The van der Waals surface area contributed by atoms with Crippen molar-refractivity contribution >= 4 is 10.9 Å². The van der Waals surface area contributed by atoms with E-state index in [1.807, 2.05) is 56.4 Å². The normalized spacial score (nSPS) is 14.8. The predicted molar refractivity (Wildman–Crippen MR) is 144 cm³/mol. The molecular formula is C31H36N4. The molecule has 2 heterocycles. The Morgan fingerprint density at radius 2 is 1.43 bits per heavy atom. The van der Waals surface area contributed by atoms with Crippen molar-refractivity contribution in [3.8, 4) is 6.07 Å². The van der Waals surface area contributed by atoms with Gasteiger partial charge in [-0.1, -0.05) is 92.7 Å². The molecule has 0 saturated carbocycles. The van der Waals surface area contributed by atoms with Gasteiger partial charge in [-0.2, -0.15) is 10.4 Å². The fraction of sp³-hybridized carbons (Fsp3) is 0.355. The highest BCUT2D eigenvalue weighted by Crippen LogP contribution is 2.36. The van der Waals surface area contributed by atoms with Crippen molar-refractivity contribution in [2.24, 2.45) is 0 Å². The molecular weight excluding hydrogens is 428 g/mol. The van der Waals surface area contributed by atoms with Crippen LogP contribution in [-0.4, -0.2) is 34.3 Å². The summed E-state index contributed by atoms with van der Waals surface area (Å²) in [6.45, 7) is 7.18. The van der Waals surface area contributed by atoms with E-state index in [2.05, 4.69) is 69.3 Å². The highest BCUT2D eigenvalue weighted by molar-refractivity contribution is 5.78. The van der Waals surface area contributed by atoms with Gasteiger partial charge in [0.2, 0.25) is 0 Å². The summed E-state index contributed by atoms with van der Waals surface area (Å²) < 4.78 is 2.22. The third-order valence-electron chi connectivity index (χ3n) is 7.16. The molecule has 1 aromatic heterocycles. The molecule has 0 radical (unpaired) electrons. The molecule has 0 bridgehead atoms. The molecule has 0 unspecified atom stereocenters. The lowest BCUT2D eigenvalue weighted by atomic mass is 9.72. The number of benzene rings is 3. The first-order valence-electron chi connectivity index (χ1n) is 13.0. The second-order valence-electron chi connectivity index (χ2n) is 9.07. The summed E-state index contributed by atoms with van der Waals surface area (Å²) >= 11 is 0. The molecule has 3 aromatic carbocycles. The van der Waals surface area contributed by atoms with Gasteiger partial charge in [0.15, 0.2) is 0 Å². The second kappa shape index (κ2) is 11.8. The van der Waals surface area contributed by atoms with Crippen LogP contribution in [0.5, 0.6) is 0 Å². The van der Waals surface area contributed by atoms with Crippen LogP contribution in [0.4, 0.5) is 0 Å². The van der Waals surface area contributed by atoms with Crippen molar-refractivity contribution < 1.29 is 0 Å². The van der Waals surface area contributed by atoms with E-state index < -0.39 is 5.41 Å². The van der Waals surface area contributed by atoms with Crippen molar-refractivity contribution in [2.45, 2.75) is 51.0 Å². The monoisotopic (exact) mass is 464 g/mol. The SMILES string of the molecule is CC.N#CC(CCCN1CCC(n2ncc3ccccc32)CC1)(c1ccccc1)c1ccccc1. The zero-order chi connectivity index (χ0) is 24.5. The number of para-hydroxylation sites is 1. The van der Waals surface area contributed by atoms with Gasteiger partial charge in [0, 0.05) is 18.5 Å². The Kier molecular flexibility index (Phi) is 8.34. The molecule has 4 nitrogen and oxygen atoms in total. The fourth-order valence-electron chi connectivity index (χ4n) is 5.32. The lowest BCUT2D eigenvalue weighted by Crippen LogP contribution is -2.36. The molecule has 0 N–H and O–H groups in total. The summed E-state index contributed by atoms with van der Waals surface area (Å²) in [6, 6.07) is 32.2. The minimum Gasteiger partial charge on any atom is -0.303 e. The molecule has 5 rings (SSSR count). The molecule has 0 atom stereocenters.